The van der Waals surface area contributed by atoms with Crippen LogP contribution in [-0.4, -0.2) is 30.8 Å². The van der Waals surface area contributed by atoms with Crippen LogP contribution in [0.2, 0.25) is 0 Å². The van der Waals surface area contributed by atoms with Gasteiger partial charge in [0, 0.05) is 34.0 Å². The molecule has 0 radical (unpaired) electrons. The van der Waals surface area contributed by atoms with Gasteiger partial charge in [0.05, 0.1) is 28.0 Å². The zero-order valence-electron chi connectivity index (χ0n) is 29.4. The summed E-state index contributed by atoms with van der Waals surface area (Å²) in [5.41, 5.74) is 14.7. The lowest BCUT2D eigenvalue weighted by Crippen LogP contribution is -2.34. The number of allylic oxidation sites excluding steroid dienone is 6. The van der Waals surface area contributed by atoms with E-state index in [0.29, 0.717) is 11.8 Å². The van der Waals surface area contributed by atoms with Crippen LogP contribution in [0.3, 0.4) is 0 Å². The summed E-state index contributed by atoms with van der Waals surface area (Å²) < 4.78 is 4.70. The zero-order valence-corrected chi connectivity index (χ0v) is 29.4. The third-order valence-electron chi connectivity index (χ3n) is 10.8. The summed E-state index contributed by atoms with van der Waals surface area (Å²) in [7, 11) is 0. The molecular weight excluding hydrogens is 635 g/mol. The molecule has 52 heavy (non-hydrogen) atoms. The fourth-order valence-electron chi connectivity index (χ4n) is 8.05. The van der Waals surface area contributed by atoms with Crippen molar-refractivity contribution in [2.75, 3.05) is 0 Å². The molecule has 2 aromatic heterocycles. The Morgan fingerprint density at radius 2 is 1.52 bits per heavy atom. The van der Waals surface area contributed by atoms with Crippen LogP contribution in [0.5, 0.6) is 0 Å². The molecule has 4 aliphatic rings. The van der Waals surface area contributed by atoms with Crippen LogP contribution in [0.4, 0.5) is 5.69 Å². The fourth-order valence-corrected chi connectivity index (χ4v) is 8.05. The smallest absolute Gasteiger partial charge is 0.279 e. The van der Waals surface area contributed by atoms with Gasteiger partial charge in [-0.1, -0.05) is 122 Å². The van der Waals surface area contributed by atoms with E-state index in [1.54, 1.807) is 0 Å². The maximum atomic E-state index is 5.29. The van der Waals surface area contributed by atoms with Crippen LogP contribution >= 0.6 is 0 Å². The number of imidazole rings is 1. The van der Waals surface area contributed by atoms with Gasteiger partial charge >= 0.3 is 0 Å². The third-order valence-corrected chi connectivity index (χ3v) is 10.8. The van der Waals surface area contributed by atoms with Crippen molar-refractivity contribution >= 4 is 39.7 Å². The van der Waals surface area contributed by atoms with Gasteiger partial charge in [0.25, 0.3) is 11.7 Å². The molecule has 2 atom stereocenters. The van der Waals surface area contributed by atoms with Gasteiger partial charge in [-0.15, -0.1) is 0 Å². The lowest BCUT2D eigenvalue weighted by molar-refractivity contribution is -0.319. The Bertz CT molecular complexity index is 2610. The van der Waals surface area contributed by atoms with E-state index in [9.17, 15) is 0 Å². The summed E-state index contributed by atoms with van der Waals surface area (Å²) in [6.45, 7) is 4.59. The van der Waals surface area contributed by atoms with Crippen LogP contribution in [0.15, 0.2) is 156 Å². The van der Waals surface area contributed by atoms with Crippen molar-refractivity contribution in [3.63, 3.8) is 0 Å². The predicted molar refractivity (Wildman–Crippen MR) is 213 cm³/mol. The van der Waals surface area contributed by atoms with Crippen LogP contribution in [0, 0.1) is 11.8 Å². The Morgan fingerprint density at radius 1 is 0.712 bits per heavy atom. The van der Waals surface area contributed by atoms with E-state index in [0.717, 1.165) is 87.0 Å². The summed E-state index contributed by atoms with van der Waals surface area (Å²) in [5, 5.41) is 0. The first kappa shape index (κ1) is 30.6. The minimum Gasteiger partial charge on any atom is -0.291 e. The van der Waals surface area contributed by atoms with Crippen molar-refractivity contribution in [2.24, 2.45) is 16.8 Å². The summed E-state index contributed by atoms with van der Waals surface area (Å²) in [5.74, 6) is 3.98. The Balaban J connectivity index is 1.05. The van der Waals surface area contributed by atoms with E-state index in [2.05, 4.69) is 156 Å². The monoisotopic (exact) mass is 672 g/mol. The number of nitrogens with zero attached hydrogens (tertiary/aromatic N) is 5. The first-order chi connectivity index (χ1) is 25.6. The van der Waals surface area contributed by atoms with E-state index >= 15 is 0 Å². The van der Waals surface area contributed by atoms with Gasteiger partial charge in [0.15, 0.2) is 0 Å². The van der Waals surface area contributed by atoms with Gasteiger partial charge in [0.2, 0.25) is 0 Å². The highest BCUT2D eigenvalue weighted by atomic mass is 15.2. The average Bonchev–Trinajstić information content (AvgIpc) is 3.37. The normalized spacial score (nSPS) is 19.0. The van der Waals surface area contributed by atoms with E-state index < -0.39 is 0 Å². The van der Waals surface area contributed by atoms with Crippen LogP contribution in [0.25, 0.3) is 55.9 Å². The van der Waals surface area contributed by atoms with E-state index in [4.69, 9.17) is 15.0 Å². The maximum Gasteiger partial charge on any atom is 0.279 e. The van der Waals surface area contributed by atoms with Crippen molar-refractivity contribution in [1.82, 2.24) is 14.5 Å². The molecule has 0 spiro atoms. The van der Waals surface area contributed by atoms with Gasteiger partial charge in [-0.2, -0.15) is 4.58 Å². The number of fused-ring (bicyclic) bond motifs is 5. The van der Waals surface area contributed by atoms with Crippen LogP contribution in [0.1, 0.15) is 44.4 Å². The maximum absolute atomic E-state index is 5.29. The van der Waals surface area contributed by atoms with Gasteiger partial charge in [-0.3, -0.25) is 9.55 Å². The summed E-state index contributed by atoms with van der Waals surface area (Å²) in [6, 6.07) is 38.9. The highest BCUT2D eigenvalue weighted by molar-refractivity contribution is 6.17. The lowest BCUT2D eigenvalue weighted by atomic mass is 9.91. The molecular formula is C47H38N5+. The fraction of sp³-hybridized carbons (Fsp3) is 0.149. The molecule has 250 valence electrons. The van der Waals surface area contributed by atoms with Gasteiger partial charge in [0.1, 0.15) is 11.5 Å². The van der Waals surface area contributed by atoms with E-state index in [1.807, 2.05) is 12.3 Å². The third kappa shape index (κ3) is 4.99. The quantitative estimate of drug-likeness (QED) is 0.171. The molecule has 6 aromatic rings. The highest BCUT2D eigenvalue weighted by Gasteiger charge is 2.34. The number of benzene rings is 4. The Labute approximate surface area is 304 Å². The molecule has 4 aromatic carbocycles. The standard InChI is InChI=1S/C47H38N5/c1-30-10-6-13-34(21-19-30)47-50-46(33-11-4-3-5-12-33)51(47)37-15-7-14-36(29-37)32-22-24-35(25-23-32)45-49-41-18-8-16-39-38-17-9-27-48-43(38)40-26-20-31(2)28-42(40)52(45)44(39)41/h3-9,11-18,21-31H,10,19-20H2,1-2H3/q+1. The van der Waals surface area contributed by atoms with Gasteiger partial charge in [-0.25, -0.2) is 4.98 Å². The minimum absolute atomic E-state index is 0.422. The Morgan fingerprint density at radius 3 is 2.40 bits per heavy atom. The van der Waals surface area contributed by atoms with Crippen molar-refractivity contribution in [3.8, 4) is 33.6 Å². The number of para-hydroxylation sites is 1. The molecule has 0 N–H and O–H groups in total. The SMILES string of the molecule is CC1C=C2C(=CC1)c1ncccc1-c1cccc3nc(-c4ccc(-c5cccc([N+]6=C(c7ccccc7)N=C6C6=CCC(C)CC=C6)c5)cc4)n2c13. The predicted octanol–water partition coefficient (Wildman–Crippen LogP) is 11.1. The van der Waals surface area contributed by atoms with Crippen molar-refractivity contribution in [1.29, 1.82) is 0 Å². The van der Waals surface area contributed by atoms with Crippen molar-refractivity contribution < 1.29 is 4.58 Å². The molecule has 0 saturated carbocycles. The number of hydrogen-bond acceptors (Lipinski definition) is 3. The molecule has 5 nitrogen and oxygen atoms in total. The topological polar surface area (TPSA) is 46.1 Å². The molecule has 10 rings (SSSR count). The highest BCUT2D eigenvalue weighted by Crippen LogP contribution is 2.46. The minimum atomic E-state index is 0.422. The Kier molecular flexibility index (Phi) is 7.20. The first-order valence-corrected chi connectivity index (χ1v) is 18.4. The number of aromatic nitrogens is 3. The summed E-state index contributed by atoms with van der Waals surface area (Å²) in [6.07, 6.45) is 16.7. The second-order valence-corrected chi connectivity index (χ2v) is 14.5. The van der Waals surface area contributed by atoms with Crippen molar-refractivity contribution in [3.05, 3.63) is 163 Å². The second kappa shape index (κ2) is 12.2. The molecule has 2 aliphatic heterocycles. The molecule has 5 heteroatoms. The number of pyridine rings is 1. The molecule has 0 saturated heterocycles. The largest absolute Gasteiger partial charge is 0.291 e. The van der Waals surface area contributed by atoms with Crippen LogP contribution < -0.4 is 0 Å². The number of rotatable bonds is 5. The molecule has 0 bridgehead atoms. The number of hydrogen-bond donors (Lipinski definition) is 0. The van der Waals surface area contributed by atoms with E-state index in [-0.39, 0.29) is 0 Å². The van der Waals surface area contributed by atoms with Crippen LogP contribution in [-0.2, 0) is 0 Å². The summed E-state index contributed by atoms with van der Waals surface area (Å²) in [4.78, 5) is 15.3. The second-order valence-electron chi connectivity index (χ2n) is 14.5. The Hall–Kier alpha value is -6.20. The van der Waals surface area contributed by atoms with Gasteiger partial charge < -0.3 is 0 Å². The molecule has 4 heterocycles. The molecule has 2 aliphatic carbocycles. The number of amidine groups is 2. The van der Waals surface area contributed by atoms with Crippen molar-refractivity contribution in [2.45, 2.75) is 33.1 Å². The lowest BCUT2D eigenvalue weighted by Gasteiger charge is -2.21. The molecule has 2 unspecified atom stereocenters. The zero-order chi connectivity index (χ0) is 34.8. The molecule has 0 amide bonds. The first-order valence-electron chi connectivity index (χ1n) is 18.4. The summed E-state index contributed by atoms with van der Waals surface area (Å²) >= 11 is 0. The van der Waals surface area contributed by atoms with Gasteiger partial charge in [-0.05, 0) is 78.6 Å². The van der Waals surface area contributed by atoms with E-state index in [1.165, 1.54) is 22.4 Å². The molecule has 0 fully saturated rings. The average molecular weight is 673 g/mol. The number of aliphatic imine (C=N–C) groups is 1.